The van der Waals surface area contributed by atoms with Gasteiger partial charge in [0.05, 0.1) is 12.8 Å². The van der Waals surface area contributed by atoms with Crippen molar-refractivity contribution in [2.24, 2.45) is 0 Å². The zero-order chi connectivity index (χ0) is 20.3. The van der Waals surface area contributed by atoms with Crippen LogP contribution >= 0.6 is 11.3 Å². The van der Waals surface area contributed by atoms with Gasteiger partial charge in [-0.3, -0.25) is 9.59 Å². The highest BCUT2D eigenvalue weighted by atomic mass is 32.2. The molecule has 1 unspecified atom stereocenters. The summed E-state index contributed by atoms with van der Waals surface area (Å²) in [6.45, 7) is 1.68. The molecule has 1 aliphatic rings. The number of hydrogen-bond donors (Lipinski definition) is 2. The Hall–Kier alpha value is -2.43. The summed E-state index contributed by atoms with van der Waals surface area (Å²) in [6.07, 6.45) is 1.06. The summed E-state index contributed by atoms with van der Waals surface area (Å²) in [4.78, 5) is 24.2. The highest BCUT2D eigenvalue weighted by Crippen LogP contribution is 2.31. The van der Waals surface area contributed by atoms with Gasteiger partial charge in [0, 0.05) is 19.2 Å². The normalized spacial score (nSPS) is 17.3. The van der Waals surface area contributed by atoms with Crippen LogP contribution < -0.4 is 15.4 Å². The number of sulfonamides is 1. The van der Waals surface area contributed by atoms with Crippen LogP contribution in [0.4, 0.5) is 11.4 Å². The fourth-order valence-electron chi connectivity index (χ4n) is 3.11. The van der Waals surface area contributed by atoms with Crippen molar-refractivity contribution in [2.75, 3.05) is 24.3 Å². The Morgan fingerprint density at radius 1 is 1.25 bits per heavy atom. The smallest absolute Gasteiger partial charge is 0.253 e. The lowest BCUT2D eigenvalue weighted by Gasteiger charge is -2.23. The van der Waals surface area contributed by atoms with Crippen molar-refractivity contribution in [3.8, 4) is 5.75 Å². The van der Waals surface area contributed by atoms with Crippen LogP contribution in [0.5, 0.6) is 5.75 Å². The molecular formula is C18H21N3O5S2. The largest absolute Gasteiger partial charge is 0.495 e. The number of benzene rings is 1. The fraction of sp³-hybridized carbons (Fsp3) is 0.333. The monoisotopic (exact) mass is 423 g/mol. The Kier molecular flexibility index (Phi) is 6.01. The van der Waals surface area contributed by atoms with E-state index in [2.05, 4.69) is 10.6 Å². The molecule has 1 aliphatic heterocycles. The predicted molar refractivity (Wildman–Crippen MR) is 107 cm³/mol. The molecule has 1 aromatic heterocycles. The van der Waals surface area contributed by atoms with E-state index in [0.717, 1.165) is 11.3 Å². The second kappa shape index (κ2) is 8.29. The molecule has 1 atom stereocenters. The number of anilines is 2. The Balaban J connectivity index is 1.80. The number of nitrogens with zero attached hydrogens (tertiary/aromatic N) is 1. The minimum Gasteiger partial charge on any atom is -0.495 e. The summed E-state index contributed by atoms with van der Waals surface area (Å²) in [6, 6.07) is 7.26. The summed E-state index contributed by atoms with van der Waals surface area (Å²) in [5, 5.41) is 7.08. The summed E-state index contributed by atoms with van der Waals surface area (Å²) in [5.74, 6) is -0.224. The molecule has 1 aromatic carbocycles. The lowest BCUT2D eigenvalue weighted by molar-refractivity contribution is -0.119. The predicted octanol–water partition coefficient (Wildman–Crippen LogP) is 2.51. The lowest BCUT2D eigenvalue weighted by atomic mass is 10.2. The molecule has 0 bridgehead atoms. The first-order chi connectivity index (χ1) is 13.3. The number of carbonyl (C=O) groups is 2. The van der Waals surface area contributed by atoms with Gasteiger partial charge in [-0.25, -0.2) is 8.42 Å². The molecule has 10 heteroatoms. The van der Waals surface area contributed by atoms with E-state index >= 15 is 0 Å². The molecule has 2 amide bonds. The average molecular weight is 424 g/mol. The number of amides is 2. The molecule has 2 N–H and O–H groups in total. The van der Waals surface area contributed by atoms with Crippen molar-refractivity contribution in [3.63, 3.8) is 0 Å². The molecule has 1 fully saturated rings. The number of ether oxygens (including phenoxy) is 1. The van der Waals surface area contributed by atoms with E-state index in [9.17, 15) is 18.0 Å². The van der Waals surface area contributed by atoms with Crippen LogP contribution in [0, 0.1) is 0 Å². The van der Waals surface area contributed by atoms with Crippen molar-refractivity contribution < 1.29 is 22.7 Å². The molecular weight excluding hydrogens is 402 g/mol. The van der Waals surface area contributed by atoms with E-state index in [4.69, 9.17) is 4.74 Å². The summed E-state index contributed by atoms with van der Waals surface area (Å²) in [7, 11) is -2.23. The third-order valence-corrected chi connectivity index (χ3v) is 7.62. The number of thiophene rings is 1. The number of nitrogens with one attached hydrogen (secondary N) is 2. The maximum Gasteiger partial charge on any atom is 0.253 e. The van der Waals surface area contributed by atoms with Gasteiger partial charge in [0.1, 0.15) is 16.0 Å². The van der Waals surface area contributed by atoms with Crippen molar-refractivity contribution in [3.05, 3.63) is 35.7 Å². The zero-order valence-electron chi connectivity index (χ0n) is 15.5. The van der Waals surface area contributed by atoms with Gasteiger partial charge in [-0.05, 0) is 42.5 Å². The SMILES string of the molecule is COc1ccc(NC(=O)C2CCCN2S(=O)(=O)c2cccs2)cc1NC(C)=O. The molecule has 150 valence electrons. The number of carbonyl (C=O) groups excluding carboxylic acids is 2. The maximum atomic E-state index is 12.8. The van der Waals surface area contributed by atoms with E-state index in [1.54, 1.807) is 29.6 Å². The average Bonchev–Trinajstić information content (AvgIpc) is 3.34. The summed E-state index contributed by atoms with van der Waals surface area (Å²) < 4.78 is 32.3. The van der Waals surface area contributed by atoms with Gasteiger partial charge in [-0.15, -0.1) is 11.3 Å². The minimum atomic E-state index is -3.70. The molecule has 2 aromatic rings. The summed E-state index contributed by atoms with van der Waals surface area (Å²) >= 11 is 1.13. The van der Waals surface area contributed by atoms with Gasteiger partial charge in [-0.1, -0.05) is 6.07 Å². The van der Waals surface area contributed by atoms with Crippen LogP contribution in [0.25, 0.3) is 0 Å². The van der Waals surface area contributed by atoms with Gasteiger partial charge >= 0.3 is 0 Å². The third kappa shape index (κ3) is 4.18. The quantitative estimate of drug-likeness (QED) is 0.743. The van der Waals surface area contributed by atoms with Gasteiger partial charge in [0.15, 0.2) is 0 Å². The molecule has 0 radical (unpaired) electrons. The van der Waals surface area contributed by atoms with Crippen LogP contribution in [0.1, 0.15) is 19.8 Å². The van der Waals surface area contributed by atoms with Crippen molar-refractivity contribution in [1.29, 1.82) is 0 Å². The first-order valence-corrected chi connectivity index (χ1v) is 11.0. The molecule has 0 spiro atoms. The first-order valence-electron chi connectivity index (χ1n) is 8.65. The Morgan fingerprint density at radius 3 is 2.68 bits per heavy atom. The third-order valence-electron chi connectivity index (χ3n) is 4.34. The summed E-state index contributed by atoms with van der Waals surface area (Å²) in [5.41, 5.74) is 0.859. The first kappa shape index (κ1) is 20.3. The van der Waals surface area contributed by atoms with Crippen LogP contribution in [-0.2, 0) is 19.6 Å². The molecule has 8 nitrogen and oxygen atoms in total. The van der Waals surface area contributed by atoms with Crippen LogP contribution in [0.2, 0.25) is 0 Å². The van der Waals surface area contributed by atoms with Crippen LogP contribution in [0.15, 0.2) is 39.9 Å². The van der Waals surface area contributed by atoms with Gasteiger partial charge in [0.2, 0.25) is 11.8 Å². The molecule has 2 heterocycles. The minimum absolute atomic E-state index is 0.226. The van der Waals surface area contributed by atoms with Crippen molar-refractivity contribution in [1.82, 2.24) is 4.31 Å². The number of rotatable bonds is 6. The second-order valence-corrected chi connectivity index (χ2v) is 9.36. The lowest BCUT2D eigenvalue weighted by Crippen LogP contribution is -2.42. The standard InChI is InChI=1S/C18H21N3O5S2/c1-12(22)19-14-11-13(7-8-16(14)26-2)20-18(23)15-5-3-9-21(15)28(24,25)17-6-4-10-27-17/h4,6-8,10-11,15H,3,5,9H2,1-2H3,(H,19,22)(H,20,23). The van der Waals surface area contributed by atoms with Crippen LogP contribution in [0.3, 0.4) is 0 Å². The number of hydrogen-bond acceptors (Lipinski definition) is 6. The molecule has 1 saturated heterocycles. The van der Waals surface area contributed by atoms with Crippen molar-refractivity contribution >= 4 is 44.5 Å². The number of methoxy groups -OCH3 is 1. The molecule has 0 saturated carbocycles. The van der Waals surface area contributed by atoms with E-state index < -0.39 is 22.0 Å². The van der Waals surface area contributed by atoms with Gasteiger partial charge in [-0.2, -0.15) is 4.31 Å². The molecule has 3 rings (SSSR count). The molecule has 28 heavy (non-hydrogen) atoms. The van der Waals surface area contributed by atoms with E-state index in [1.165, 1.54) is 24.4 Å². The highest BCUT2D eigenvalue weighted by molar-refractivity contribution is 7.91. The van der Waals surface area contributed by atoms with E-state index in [0.29, 0.717) is 36.5 Å². The second-order valence-electron chi connectivity index (χ2n) is 6.29. The van der Waals surface area contributed by atoms with E-state index in [-0.39, 0.29) is 10.1 Å². The van der Waals surface area contributed by atoms with Crippen LogP contribution in [-0.4, -0.2) is 44.2 Å². The fourth-order valence-corrected chi connectivity index (χ4v) is 5.89. The Bertz CT molecular complexity index is 973. The Labute approximate surface area is 167 Å². The highest BCUT2D eigenvalue weighted by Gasteiger charge is 2.39. The zero-order valence-corrected chi connectivity index (χ0v) is 17.1. The van der Waals surface area contributed by atoms with Gasteiger partial charge in [0.25, 0.3) is 10.0 Å². The van der Waals surface area contributed by atoms with Gasteiger partial charge < -0.3 is 15.4 Å². The maximum absolute atomic E-state index is 12.8. The van der Waals surface area contributed by atoms with Crippen molar-refractivity contribution in [2.45, 2.75) is 30.0 Å². The topological polar surface area (TPSA) is 105 Å². The molecule has 0 aliphatic carbocycles. The van der Waals surface area contributed by atoms with E-state index in [1.807, 2.05) is 0 Å². The Morgan fingerprint density at radius 2 is 2.04 bits per heavy atom.